The number of carbonyl (C=O) groups excluding carboxylic acids is 1. The van der Waals surface area contributed by atoms with Crippen molar-refractivity contribution in [2.45, 2.75) is 11.1 Å². The number of anilines is 1. The molecule has 0 bridgehead atoms. The molecule has 7 nitrogen and oxygen atoms in total. The number of nitrogens with zero attached hydrogens (tertiary/aromatic N) is 1. The van der Waals surface area contributed by atoms with Crippen LogP contribution in [0.25, 0.3) is 11.3 Å². The topological polar surface area (TPSA) is 104 Å². The maximum Gasteiger partial charge on any atom is 0.405 e. The number of carbonyl (C=O) groups is 1. The van der Waals surface area contributed by atoms with E-state index in [1.54, 1.807) is 41.8 Å². The normalized spacial score (nSPS) is 11.8. The first-order valence-corrected chi connectivity index (χ1v) is 9.70. The van der Waals surface area contributed by atoms with Crippen molar-refractivity contribution in [3.05, 3.63) is 66.4 Å². The van der Waals surface area contributed by atoms with Crippen molar-refractivity contribution in [1.29, 1.82) is 0 Å². The second-order valence-electron chi connectivity index (χ2n) is 5.98. The van der Waals surface area contributed by atoms with Gasteiger partial charge in [0.05, 0.1) is 10.6 Å². The molecule has 0 saturated heterocycles. The van der Waals surface area contributed by atoms with Crippen LogP contribution in [0.2, 0.25) is 0 Å². The lowest BCUT2D eigenvalue weighted by molar-refractivity contribution is -0.123. The van der Waals surface area contributed by atoms with E-state index in [1.807, 2.05) is 0 Å². The van der Waals surface area contributed by atoms with Gasteiger partial charge in [0, 0.05) is 23.0 Å². The van der Waals surface area contributed by atoms with Crippen molar-refractivity contribution >= 4 is 21.6 Å². The average Bonchev–Trinajstić information content (AvgIpc) is 3.20. The predicted octanol–water partition coefficient (Wildman–Crippen LogP) is 3.17. The van der Waals surface area contributed by atoms with E-state index >= 15 is 0 Å². The highest BCUT2D eigenvalue weighted by atomic mass is 32.2. The van der Waals surface area contributed by atoms with Gasteiger partial charge in [-0.05, 0) is 42.5 Å². The number of halogens is 3. The molecule has 0 spiro atoms. The molecule has 1 amide bonds. The van der Waals surface area contributed by atoms with Crippen LogP contribution in [0.15, 0.2) is 65.7 Å². The number of sulfonamides is 1. The summed E-state index contributed by atoms with van der Waals surface area (Å²) in [5, 5.41) is 8.34. The van der Waals surface area contributed by atoms with Crippen LogP contribution in [0, 0.1) is 0 Å². The number of H-pyrrole nitrogens is 1. The fourth-order valence-corrected chi connectivity index (χ4v) is 3.50. The number of benzene rings is 2. The summed E-state index contributed by atoms with van der Waals surface area (Å²) in [6, 6.07) is 12.9. The molecular formula is C18H15F3N4O3S. The molecule has 1 heterocycles. The Labute approximate surface area is 164 Å². The molecule has 29 heavy (non-hydrogen) atoms. The molecule has 0 aliphatic rings. The van der Waals surface area contributed by atoms with E-state index in [0.29, 0.717) is 11.4 Å². The Morgan fingerprint density at radius 2 is 1.79 bits per heavy atom. The summed E-state index contributed by atoms with van der Waals surface area (Å²) in [4.78, 5) is 11.6. The summed E-state index contributed by atoms with van der Waals surface area (Å²) in [6.45, 7) is -1.47. The summed E-state index contributed by atoms with van der Waals surface area (Å²) in [5.41, 5.74) is 1.65. The third-order valence-corrected chi connectivity index (χ3v) is 5.20. The van der Waals surface area contributed by atoms with Crippen LogP contribution in [0.1, 0.15) is 10.4 Å². The fourth-order valence-electron chi connectivity index (χ4n) is 2.45. The summed E-state index contributed by atoms with van der Waals surface area (Å²) in [6.07, 6.45) is -2.97. The van der Waals surface area contributed by atoms with Gasteiger partial charge in [0.15, 0.2) is 0 Å². The van der Waals surface area contributed by atoms with Crippen LogP contribution < -0.4 is 10.0 Å². The smallest absolute Gasteiger partial charge is 0.343 e. The van der Waals surface area contributed by atoms with Crippen molar-refractivity contribution in [1.82, 2.24) is 15.5 Å². The van der Waals surface area contributed by atoms with Gasteiger partial charge in [-0.15, -0.1) is 0 Å². The molecule has 1 aromatic heterocycles. The Balaban J connectivity index is 1.73. The number of amides is 1. The van der Waals surface area contributed by atoms with E-state index in [-0.39, 0.29) is 10.5 Å². The molecule has 0 atom stereocenters. The van der Waals surface area contributed by atoms with E-state index in [0.717, 1.165) is 29.8 Å². The van der Waals surface area contributed by atoms with E-state index in [1.165, 1.54) is 0 Å². The van der Waals surface area contributed by atoms with Gasteiger partial charge in [-0.1, -0.05) is 12.1 Å². The largest absolute Gasteiger partial charge is 0.405 e. The molecule has 0 aliphatic carbocycles. The minimum atomic E-state index is -4.53. The van der Waals surface area contributed by atoms with Gasteiger partial charge in [0.25, 0.3) is 15.9 Å². The molecular weight excluding hydrogens is 409 g/mol. The first-order valence-electron chi connectivity index (χ1n) is 8.22. The summed E-state index contributed by atoms with van der Waals surface area (Å²) >= 11 is 0. The monoisotopic (exact) mass is 424 g/mol. The molecule has 152 valence electrons. The molecule has 0 radical (unpaired) electrons. The molecule has 11 heteroatoms. The van der Waals surface area contributed by atoms with E-state index in [2.05, 4.69) is 14.9 Å². The highest BCUT2D eigenvalue weighted by Crippen LogP contribution is 2.23. The summed E-state index contributed by atoms with van der Waals surface area (Å²) in [7, 11) is -3.96. The maximum atomic E-state index is 12.6. The standard InChI is InChI=1S/C18H15F3N4O3S/c19-18(20,21)11-22-17(26)12-4-6-15(7-5-12)29(27,28)25-14-3-1-2-13(10-14)16-8-9-23-24-16/h1-10,25H,11H2,(H,22,26)(H,23,24). The van der Waals surface area contributed by atoms with Crippen molar-refractivity contribution in [2.24, 2.45) is 0 Å². The molecule has 0 fully saturated rings. The van der Waals surface area contributed by atoms with Crippen molar-refractivity contribution in [2.75, 3.05) is 11.3 Å². The number of hydrogen-bond donors (Lipinski definition) is 3. The van der Waals surface area contributed by atoms with Crippen molar-refractivity contribution < 1.29 is 26.4 Å². The first-order chi connectivity index (χ1) is 13.6. The van der Waals surface area contributed by atoms with Gasteiger partial charge in [-0.25, -0.2) is 8.42 Å². The van der Waals surface area contributed by atoms with Crippen LogP contribution in [0.5, 0.6) is 0 Å². The number of alkyl halides is 3. The molecule has 2 aromatic carbocycles. The lowest BCUT2D eigenvalue weighted by Gasteiger charge is -2.11. The van der Waals surface area contributed by atoms with Gasteiger partial charge in [-0.3, -0.25) is 14.6 Å². The Kier molecular flexibility index (Phi) is 5.59. The summed E-state index contributed by atoms with van der Waals surface area (Å²) < 4.78 is 64.0. The second-order valence-corrected chi connectivity index (χ2v) is 7.66. The Hall–Kier alpha value is -3.34. The fraction of sp³-hybridized carbons (Fsp3) is 0.111. The zero-order chi connectivity index (χ0) is 21.1. The Bertz CT molecular complexity index is 1100. The van der Waals surface area contributed by atoms with Crippen LogP contribution >= 0.6 is 0 Å². The van der Waals surface area contributed by atoms with Crippen LogP contribution in [0.4, 0.5) is 18.9 Å². The van der Waals surface area contributed by atoms with E-state index in [9.17, 15) is 26.4 Å². The van der Waals surface area contributed by atoms with Gasteiger partial charge in [0.2, 0.25) is 0 Å². The van der Waals surface area contributed by atoms with Crippen LogP contribution in [-0.4, -0.2) is 37.2 Å². The maximum absolute atomic E-state index is 12.6. The van der Waals surface area contributed by atoms with Gasteiger partial charge < -0.3 is 5.32 Å². The number of rotatable bonds is 6. The average molecular weight is 424 g/mol. The zero-order valence-corrected chi connectivity index (χ0v) is 15.5. The number of aromatic nitrogens is 2. The molecule has 0 saturated carbocycles. The Morgan fingerprint density at radius 1 is 1.07 bits per heavy atom. The third kappa shape index (κ3) is 5.35. The van der Waals surface area contributed by atoms with Gasteiger partial charge in [-0.2, -0.15) is 18.3 Å². The predicted molar refractivity (Wildman–Crippen MR) is 99.7 cm³/mol. The third-order valence-electron chi connectivity index (χ3n) is 3.80. The van der Waals surface area contributed by atoms with E-state index < -0.39 is 28.7 Å². The minimum absolute atomic E-state index is 0.0885. The number of nitrogens with one attached hydrogen (secondary N) is 3. The highest BCUT2D eigenvalue weighted by molar-refractivity contribution is 7.92. The lowest BCUT2D eigenvalue weighted by Crippen LogP contribution is -2.33. The van der Waals surface area contributed by atoms with Crippen molar-refractivity contribution in [3.63, 3.8) is 0 Å². The lowest BCUT2D eigenvalue weighted by atomic mass is 10.1. The molecule has 3 rings (SSSR count). The Morgan fingerprint density at radius 3 is 2.41 bits per heavy atom. The van der Waals surface area contributed by atoms with Gasteiger partial charge >= 0.3 is 6.18 Å². The molecule has 3 aromatic rings. The van der Waals surface area contributed by atoms with Crippen LogP contribution in [0.3, 0.4) is 0 Å². The van der Waals surface area contributed by atoms with Crippen molar-refractivity contribution in [3.8, 4) is 11.3 Å². The first kappa shape index (κ1) is 20.4. The zero-order valence-electron chi connectivity index (χ0n) is 14.7. The highest BCUT2D eigenvalue weighted by Gasteiger charge is 2.28. The van der Waals surface area contributed by atoms with E-state index in [4.69, 9.17) is 0 Å². The SMILES string of the molecule is O=C(NCC(F)(F)F)c1ccc(S(=O)(=O)Nc2cccc(-c3ccn[nH]3)c2)cc1. The van der Waals surface area contributed by atoms with Crippen LogP contribution in [-0.2, 0) is 10.0 Å². The minimum Gasteiger partial charge on any atom is -0.343 e. The summed E-state index contributed by atoms with van der Waals surface area (Å²) in [5.74, 6) is -0.952. The molecule has 3 N–H and O–H groups in total. The molecule has 0 unspecified atom stereocenters. The number of hydrogen-bond acceptors (Lipinski definition) is 4. The second kappa shape index (κ2) is 7.95. The quantitative estimate of drug-likeness (QED) is 0.565. The number of aromatic amines is 1. The van der Waals surface area contributed by atoms with Gasteiger partial charge in [0.1, 0.15) is 6.54 Å². The molecule has 0 aliphatic heterocycles.